The molecule has 0 unspecified atom stereocenters. The van der Waals surface area contributed by atoms with Gasteiger partial charge in [-0.3, -0.25) is 4.79 Å². The highest BCUT2D eigenvalue weighted by molar-refractivity contribution is 5.91. The van der Waals surface area contributed by atoms with Crippen molar-refractivity contribution in [3.05, 3.63) is 41.1 Å². The predicted molar refractivity (Wildman–Crippen MR) is 66.7 cm³/mol. The average Bonchev–Trinajstić information content (AvgIpc) is 2.37. The number of carbonyl (C=O) groups is 1. The molecule has 1 aromatic carbocycles. The van der Waals surface area contributed by atoms with Crippen molar-refractivity contribution >= 4 is 11.5 Å². The van der Waals surface area contributed by atoms with E-state index >= 15 is 0 Å². The Balaban J connectivity index is 2.35. The van der Waals surface area contributed by atoms with Crippen LogP contribution in [0.15, 0.2) is 30.0 Å². The number of nitrogens with one attached hydrogen (secondary N) is 1. The van der Waals surface area contributed by atoms with Gasteiger partial charge in [0.25, 0.3) is 0 Å². The zero-order valence-corrected chi connectivity index (χ0v) is 10.4. The number of ketones is 1. The second-order valence-electron chi connectivity index (χ2n) is 4.48. The summed E-state index contributed by atoms with van der Waals surface area (Å²) in [6, 6.07) is 4.71. The number of halogens is 3. The first-order valence-electron chi connectivity index (χ1n) is 6.02. The number of hydrogen-bond donors (Lipinski definition) is 1. The molecule has 0 amide bonds. The maximum absolute atomic E-state index is 12.7. The minimum Gasteiger partial charge on any atom is -0.358 e. The summed E-state index contributed by atoms with van der Waals surface area (Å²) in [7, 11) is 0. The van der Waals surface area contributed by atoms with Gasteiger partial charge in [-0.15, -0.1) is 0 Å². The van der Waals surface area contributed by atoms with E-state index in [0.717, 1.165) is 18.2 Å². The Bertz CT molecular complexity index is 612. The molecule has 0 spiro atoms. The number of benzene rings is 1. The van der Waals surface area contributed by atoms with E-state index in [9.17, 15) is 18.0 Å². The number of carbonyl (C=O) groups excluding carboxylic acids is 1. The molecule has 0 aliphatic heterocycles. The van der Waals surface area contributed by atoms with Crippen molar-refractivity contribution in [3.63, 3.8) is 0 Å². The van der Waals surface area contributed by atoms with Gasteiger partial charge in [0.05, 0.1) is 16.8 Å². The molecule has 0 aromatic heterocycles. The van der Waals surface area contributed by atoms with Gasteiger partial charge in [0.1, 0.15) is 6.07 Å². The third-order valence-electron chi connectivity index (χ3n) is 2.97. The number of rotatable bonds is 2. The SMILES string of the molecule is N#Cc1ccc(C(F)(F)F)cc1NC1=CC(=O)CCC1. The third kappa shape index (κ3) is 3.18. The lowest BCUT2D eigenvalue weighted by Crippen LogP contribution is -2.11. The first-order valence-corrected chi connectivity index (χ1v) is 6.02. The molecule has 3 nitrogen and oxygen atoms in total. The van der Waals surface area contributed by atoms with Crippen molar-refractivity contribution in [2.24, 2.45) is 0 Å². The maximum Gasteiger partial charge on any atom is 0.416 e. The summed E-state index contributed by atoms with van der Waals surface area (Å²) in [6.45, 7) is 0. The molecule has 0 saturated heterocycles. The van der Waals surface area contributed by atoms with Crippen molar-refractivity contribution in [1.82, 2.24) is 0 Å². The molecule has 104 valence electrons. The second kappa shape index (κ2) is 5.37. The van der Waals surface area contributed by atoms with E-state index in [4.69, 9.17) is 5.26 Å². The summed E-state index contributed by atoms with van der Waals surface area (Å²) in [5.74, 6) is -0.0655. The van der Waals surface area contributed by atoms with Crippen LogP contribution in [0, 0.1) is 11.3 Å². The largest absolute Gasteiger partial charge is 0.416 e. The third-order valence-corrected chi connectivity index (χ3v) is 2.97. The summed E-state index contributed by atoms with van der Waals surface area (Å²) in [6.07, 6.45) is -1.42. The standard InChI is InChI=1S/C14H11F3N2O/c15-14(16,17)10-5-4-9(8-18)13(6-10)19-11-2-1-3-12(20)7-11/h4-7,19H,1-3H2. The van der Waals surface area contributed by atoms with Crippen LogP contribution in [0.3, 0.4) is 0 Å². The Labute approximate surface area is 113 Å². The van der Waals surface area contributed by atoms with Crippen LogP contribution in [0.2, 0.25) is 0 Å². The van der Waals surface area contributed by atoms with Crippen molar-refractivity contribution in [1.29, 1.82) is 5.26 Å². The van der Waals surface area contributed by atoms with Gasteiger partial charge in [0.2, 0.25) is 0 Å². The smallest absolute Gasteiger partial charge is 0.358 e. The maximum atomic E-state index is 12.7. The van der Waals surface area contributed by atoms with Gasteiger partial charge >= 0.3 is 6.18 Å². The van der Waals surface area contributed by atoms with Crippen LogP contribution in [-0.4, -0.2) is 5.78 Å². The lowest BCUT2D eigenvalue weighted by atomic mass is 10.0. The zero-order chi connectivity index (χ0) is 14.8. The van der Waals surface area contributed by atoms with E-state index in [1.165, 1.54) is 6.08 Å². The van der Waals surface area contributed by atoms with Crippen molar-refractivity contribution < 1.29 is 18.0 Å². The molecule has 1 aromatic rings. The number of nitrogens with zero attached hydrogens (tertiary/aromatic N) is 1. The van der Waals surface area contributed by atoms with Gasteiger partial charge in [-0.1, -0.05) is 0 Å². The van der Waals surface area contributed by atoms with E-state index in [0.29, 0.717) is 25.0 Å². The Hall–Kier alpha value is -2.29. The van der Waals surface area contributed by atoms with E-state index < -0.39 is 11.7 Å². The van der Waals surface area contributed by atoms with Crippen LogP contribution in [0.4, 0.5) is 18.9 Å². The summed E-state index contributed by atoms with van der Waals surface area (Å²) in [5, 5.41) is 11.7. The Morgan fingerprint density at radius 1 is 1.25 bits per heavy atom. The molecule has 0 atom stereocenters. The van der Waals surface area contributed by atoms with Crippen LogP contribution in [0.25, 0.3) is 0 Å². The second-order valence-corrected chi connectivity index (χ2v) is 4.48. The molecule has 1 N–H and O–H groups in total. The molecular formula is C14H11F3N2O. The quantitative estimate of drug-likeness (QED) is 0.900. The van der Waals surface area contributed by atoms with E-state index in [1.54, 1.807) is 0 Å². The van der Waals surface area contributed by atoms with Crippen molar-refractivity contribution in [2.45, 2.75) is 25.4 Å². The molecule has 0 radical (unpaired) electrons. The highest BCUT2D eigenvalue weighted by atomic mass is 19.4. The Morgan fingerprint density at radius 2 is 2.00 bits per heavy atom. The molecule has 0 fully saturated rings. The lowest BCUT2D eigenvalue weighted by Gasteiger charge is -2.16. The molecule has 0 saturated carbocycles. The van der Waals surface area contributed by atoms with Crippen LogP contribution in [-0.2, 0) is 11.0 Å². The molecular weight excluding hydrogens is 269 g/mol. The fourth-order valence-electron chi connectivity index (χ4n) is 1.98. The number of nitriles is 1. The van der Waals surface area contributed by atoms with Crippen molar-refractivity contribution in [3.8, 4) is 6.07 Å². The monoisotopic (exact) mass is 280 g/mol. The average molecular weight is 280 g/mol. The van der Waals surface area contributed by atoms with Gasteiger partial charge < -0.3 is 5.32 Å². The molecule has 20 heavy (non-hydrogen) atoms. The predicted octanol–water partition coefficient (Wildman–Crippen LogP) is 3.63. The number of hydrogen-bond acceptors (Lipinski definition) is 3. The summed E-state index contributed by atoms with van der Waals surface area (Å²) in [4.78, 5) is 11.3. The van der Waals surface area contributed by atoms with Gasteiger partial charge in [-0.05, 0) is 31.0 Å². The van der Waals surface area contributed by atoms with E-state index in [-0.39, 0.29) is 17.0 Å². The fraction of sp³-hybridized carbons (Fsp3) is 0.286. The first kappa shape index (κ1) is 14.1. The lowest BCUT2D eigenvalue weighted by molar-refractivity contribution is -0.137. The van der Waals surface area contributed by atoms with Crippen LogP contribution in [0.1, 0.15) is 30.4 Å². The molecule has 6 heteroatoms. The van der Waals surface area contributed by atoms with Gasteiger partial charge in [0.15, 0.2) is 5.78 Å². The summed E-state index contributed by atoms with van der Waals surface area (Å²) >= 11 is 0. The van der Waals surface area contributed by atoms with Crippen LogP contribution < -0.4 is 5.32 Å². The number of allylic oxidation sites excluding steroid dienone is 2. The minimum atomic E-state index is -4.47. The highest BCUT2D eigenvalue weighted by Gasteiger charge is 2.31. The first-order chi connectivity index (χ1) is 9.40. The zero-order valence-electron chi connectivity index (χ0n) is 10.4. The molecule has 0 bridgehead atoms. The number of alkyl halides is 3. The fourth-order valence-corrected chi connectivity index (χ4v) is 1.98. The molecule has 0 heterocycles. The summed E-state index contributed by atoms with van der Waals surface area (Å²) < 4.78 is 38.0. The Kier molecular flexibility index (Phi) is 3.79. The highest BCUT2D eigenvalue weighted by Crippen LogP contribution is 2.33. The summed E-state index contributed by atoms with van der Waals surface area (Å²) in [5.41, 5.74) is -0.112. The van der Waals surface area contributed by atoms with Gasteiger partial charge in [0, 0.05) is 18.2 Å². The molecule has 1 aliphatic rings. The van der Waals surface area contributed by atoms with E-state index in [2.05, 4.69) is 5.32 Å². The van der Waals surface area contributed by atoms with Crippen molar-refractivity contribution in [2.75, 3.05) is 5.32 Å². The van der Waals surface area contributed by atoms with Gasteiger partial charge in [-0.2, -0.15) is 18.4 Å². The van der Waals surface area contributed by atoms with Crippen LogP contribution >= 0.6 is 0 Å². The van der Waals surface area contributed by atoms with Crippen LogP contribution in [0.5, 0.6) is 0 Å². The Morgan fingerprint density at radius 3 is 2.60 bits per heavy atom. The molecule has 2 rings (SSSR count). The molecule has 1 aliphatic carbocycles. The van der Waals surface area contributed by atoms with Gasteiger partial charge in [-0.25, -0.2) is 0 Å². The normalized spacial score (nSPS) is 15.5. The minimum absolute atomic E-state index is 0.0655. The number of anilines is 1. The van der Waals surface area contributed by atoms with E-state index in [1.807, 2.05) is 6.07 Å². The topological polar surface area (TPSA) is 52.9 Å².